The first-order valence-corrected chi connectivity index (χ1v) is 14.4. The van der Waals surface area contributed by atoms with Gasteiger partial charge in [-0.05, 0) is 47.2 Å². The summed E-state index contributed by atoms with van der Waals surface area (Å²) >= 11 is 2.73. The molecule has 0 saturated carbocycles. The molecule has 0 aliphatic carbocycles. The van der Waals surface area contributed by atoms with E-state index < -0.39 is 27.3 Å². The number of nitrogens with one attached hydrogen (secondary N) is 1. The molecular weight excluding hydrogens is 517 g/mol. The molecule has 1 heterocycles. The fourth-order valence-electron chi connectivity index (χ4n) is 3.55. The van der Waals surface area contributed by atoms with Crippen molar-refractivity contribution in [2.45, 2.75) is 26.2 Å². The van der Waals surface area contributed by atoms with E-state index in [9.17, 15) is 18.3 Å². The van der Waals surface area contributed by atoms with Crippen LogP contribution in [0.15, 0.2) is 100 Å². The topological polar surface area (TPSA) is 114 Å². The third-order valence-corrected chi connectivity index (χ3v) is 8.77. The molecule has 2 N–H and O–H groups in total. The quantitative estimate of drug-likeness (QED) is 0.283. The summed E-state index contributed by atoms with van der Waals surface area (Å²) in [5, 5.41) is 13.8. The fraction of sp³-hybridized carbons (Fsp3) is 0.160. The fourth-order valence-corrected chi connectivity index (χ4v) is 6.37. The average molecular weight is 541 g/mol. The predicted molar refractivity (Wildman–Crippen MR) is 141 cm³/mol. The highest BCUT2D eigenvalue weighted by Gasteiger charge is 2.35. The summed E-state index contributed by atoms with van der Waals surface area (Å²) in [6.07, 6.45) is 3.50. The molecule has 0 aliphatic rings. The number of aromatic nitrogens is 3. The molecule has 4 rings (SSSR count). The molecule has 1 aromatic heterocycles. The van der Waals surface area contributed by atoms with Crippen molar-refractivity contribution < 1.29 is 18.3 Å². The molecule has 0 bridgehead atoms. The molecule has 4 aromatic rings. The van der Waals surface area contributed by atoms with E-state index in [1.54, 1.807) is 61.3 Å². The molecule has 8 nitrogen and oxygen atoms in total. The zero-order valence-electron chi connectivity index (χ0n) is 19.5. The molecule has 3 aromatic carbocycles. The normalized spacial score (nSPS) is 13.3. The van der Waals surface area contributed by atoms with Gasteiger partial charge in [0, 0.05) is 11.9 Å². The van der Waals surface area contributed by atoms with Gasteiger partial charge in [0.2, 0.25) is 15.2 Å². The Labute approximate surface area is 218 Å². The van der Waals surface area contributed by atoms with Gasteiger partial charge < -0.3 is 5.11 Å². The van der Waals surface area contributed by atoms with E-state index in [1.807, 2.05) is 30.5 Å². The number of aliphatic carboxylic acids is 1. The van der Waals surface area contributed by atoms with Crippen LogP contribution in [0.2, 0.25) is 0 Å². The molecule has 36 heavy (non-hydrogen) atoms. The van der Waals surface area contributed by atoms with Crippen LogP contribution in [-0.4, -0.2) is 46.6 Å². The van der Waals surface area contributed by atoms with E-state index >= 15 is 0 Å². The van der Waals surface area contributed by atoms with Crippen LogP contribution in [-0.2, 0) is 21.9 Å². The van der Waals surface area contributed by atoms with Gasteiger partial charge in [0.25, 0.3) is 0 Å². The van der Waals surface area contributed by atoms with Crippen LogP contribution in [0.5, 0.6) is 0 Å². The van der Waals surface area contributed by atoms with Gasteiger partial charge in [0.05, 0.1) is 10.1 Å². The van der Waals surface area contributed by atoms with Crippen LogP contribution in [0, 0.1) is 0 Å². The molecule has 0 saturated heterocycles. The van der Waals surface area contributed by atoms with Crippen LogP contribution < -0.4 is 4.72 Å². The second kappa shape index (κ2) is 11.3. The Morgan fingerprint density at radius 2 is 1.58 bits per heavy atom. The van der Waals surface area contributed by atoms with E-state index in [4.69, 9.17) is 0 Å². The Balaban J connectivity index is 1.61. The number of nitrogens with zero attached hydrogens (tertiary/aromatic N) is 3. The largest absolute Gasteiger partial charge is 0.480 e. The number of carboxylic acids is 1. The minimum absolute atomic E-state index is 0.0222. The predicted octanol–water partition coefficient (Wildman–Crippen LogP) is 4.47. The number of sulfonamides is 1. The summed E-state index contributed by atoms with van der Waals surface area (Å²) in [7, 11) is -2.45. The molecule has 0 fully saturated rings. The van der Waals surface area contributed by atoms with Crippen LogP contribution in [0.1, 0.15) is 10.8 Å². The van der Waals surface area contributed by atoms with Crippen molar-refractivity contribution in [2.24, 2.45) is 7.05 Å². The molecule has 0 amide bonds. The molecule has 0 aliphatic heterocycles. The summed E-state index contributed by atoms with van der Waals surface area (Å²) in [4.78, 5) is 17.6. The lowest BCUT2D eigenvalue weighted by Crippen LogP contribution is -2.44. The van der Waals surface area contributed by atoms with Crippen molar-refractivity contribution in [1.82, 2.24) is 19.5 Å². The Morgan fingerprint density at radius 1 is 0.972 bits per heavy atom. The van der Waals surface area contributed by atoms with Gasteiger partial charge in [-0.3, -0.25) is 9.48 Å². The Bertz CT molecular complexity index is 1420. The maximum absolute atomic E-state index is 13.2. The van der Waals surface area contributed by atoms with E-state index in [0.29, 0.717) is 10.7 Å². The van der Waals surface area contributed by atoms with E-state index in [2.05, 4.69) is 14.8 Å². The second-order valence-electron chi connectivity index (χ2n) is 7.84. The molecule has 2 atom stereocenters. The van der Waals surface area contributed by atoms with Gasteiger partial charge in [-0.1, -0.05) is 66.4 Å². The lowest BCUT2D eigenvalue weighted by atomic mass is 10.1. The number of aryl methyl sites for hydroxylation is 1. The molecule has 186 valence electrons. The lowest BCUT2D eigenvalue weighted by Gasteiger charge is -2.24. The van der Waals surface area contributed by atoms with E-state index in [1.165, 1.54) is 23.1 Å². The summed E-state index contributed by atoms with van der Waals surface area (Å²) < 4.78 is 30.4. The minimum atomic E-state index is -4.15. The molecule has 0 radical (unpaired) electrons. The summed E-state index contributed by atoms with van der Waals surface area (Å²) in [6, 6.07) is 21.7. The van der Waals surface area contributed by atoms with Crippen molar-refractivity contribution in [3.8, 4) is 11.1 Å². The number of hydrogen-bond donors (Lipinski definition) is 2. The van der Waals surface area contributed by atoms with E-state index in [-0.39, 0.29) is 4.90 Å². The van der Waals surface area contributed by atoms with Crippen molar-refractivity contribution in [3.63, 3.8) is 0 Å². The Hall–Kier alpha value is -3.12. The van der Waals surface area contributed by atoms with E-state index in [0.717, 1.165) is 27.8 Å². The number of carboxylic acid groups (broad SMARTS) is 1. The van der Waals surface area contributed by atoms with Gasteiger partial charge in [0.1, 0.15) is 12.4 Å². The Kier molecular flexibility index (Phi) is 8.14. The minimum Gasteiger partial charge on any atom is -0.480 e. The number of benzene rings is 3. The number of thioether (sulfide) groups is 2. The zero-order valence-corrected chi connectivity index (χ0v) is 21.9. The zero-order chi connectivity index (χ0) is 25.7. The SMILES string of the molecule is CSc1ccc(-c2ccc(S(=O)(=O)N[C@@H](C(=O)O)[C@H](Sc3ncn(C)n3)c3ccccc3)cc2)cc1. The van der Waals surface area contributed by atoms with Crippen molar-refractivity contribution >= 4 is 39.5 Å². The van der Waals surface area contributed by atoms with Gasteiger partial charge in [-0.25, -0.2) is 13.4 Å². The van der Waals surface area contributed by atoms with Crippen LogP contribution in [0.3, 0.4) is 0 Å². The third kappa shape index (κ3) is 6.16. The maximum atomic E-state index is 13.2. The maximum Gasteiger partial charge on any atom is 0.323 e. The highest BCUT2D eigenvalue weighted by molar-refractivity contribution is 7.99. The van der Waals surface area contributed by atoms with Crippen LogP contribution >= 0.6 is 23.5 Å². The number of rotatable bonds is 10. The average Bonchev–Trinajstić information content (AvgIpc) is 3.31. The summed E-state index contributed by atoms with van der Waals surface area (Å²) in [6.45, 7) is 0. The van der Waals surface area contributed by atoms with Crippen LogP contribution in [0.25, 0.3) is 11.1 Å². The lowest BCUT2D eigenvalue weighted by molar-refractivity contribution is -0.139. The smallest absolute Gasteiger partial charge is 0.323 e. The van der Waals surface area contributed by atoms with Gasteiger partial charge in [-0.2, -0.15) is 4.72 Å². The molecule has 0 unspecified atom stereocenters. The van der Waals surface area contributed by atoms with Crippen molar-refractivity contribution in [2.75, 3.05) is 6.26 Å². The summed E-state index contributed by atoms with van der Waals surface area (Å²) in [5.41, 5.74) is 2.45. The van der Waals surface area contributed by atoms with Crippen molar-refractivity contribution in [1.29, 1.82) is 0 Å². The highest BCUT2D eigenvalue weighted by Crippen LogP contribution is 2.37. The first-order valence-electron chi connectivity index (χ1n) is 10.8. The molecule has 11 heteroatoms. The second-order valence-corrected chi connectivity index (χ2v) is 11.5. The number of carbonyl (C=O) groups is 1. The van der Waals surface area contributed by atoms with Gasteiger partial charge in [-0.15, -0.1) is 16.9 Å². The Morgan fingerprint density at radius 3 is 2.11 bits per heavy atom. The van der Waals surface area contributed by atoms with Gasteiger partial charge in [0.15, 0.2) is 0 Å². The molecule has 0 spiro atoms. The molecular formula is C25H24N4O4S3. The summed E-state index contributed by atoms with van der Waals surface area (Å²) in [5.74, 6) is -1.30. The highest BCUT2D eigenvalue weighted by atomic mass is 32.2. The van der Waals surface area contributed by atoms with Gasteiger partial charge >= 0.3 is 5.97 Å². The first kappa shape index (κ1) is 26.0. The van der Waals surface area contributed by atoms with Crippen LogP contribution in [0.4, 0.5) is 0 Å². The first-order chi connectivity index (χ1) is 17.3. The third-order valence-electron chi connectivity index (χ3n) is 5.38. The van der Waals surface area contributed by atoms with Crippen molar-refractivity contribution in [3.05, 3.63) is 90.8 Å². The standard InChI is InChI=1S/C25H24N4O4S3/c1-29-16-26-25(27-29)35-23(19-6-4-3-5-7-19)22(24(30)31)28-36(32,33)21-14-10-18(11-15-21)17-8-12-20(34-2)13-9-17/h3-16,22-23,28H,1-2H3,(H,30,31)/t22-,23-/m1/s1. The monoisotopic (exact) mass is 540 g/mol. The number of hydrogen-bond acceptors (Lipinski definition) is 7.